The van der Waals surface area contributed by atoms with Crippen LogP contribution in [-0.2, 0) is 0 Å². The van der Waals surface area contributed by atoms with E-state index >= 15 is 0 Å². The van der Waals surface area contributed by atoms with Crippen molar-refractivity contribution in [3.63, 3.8) is 0 Å². The van der Waals surface area contributed by atoms with Crippen LogP contribution in [0.15, 0.2) is 36.4 Å². The highest BCUT2D eigenvalue weighted by Gasteiger charge is 2.12. The van der Waals surface area contributed by atoms with Crippen LogP contribution in [0.5, 0.6) is 0 Å². The van der Waals surface area contributed by atoms with E-state index < -0.39 is 4.92 Å². The zero-order valence-electron chi connectivity index (χ0n) is 9.56. The van der Waals surface area contributed by atoms with Crippen molar-refractivity contribution in [3.8, 4) is 0 Å². The van der Waals surface area contributed by atoms with Gasteiger partial charge in [-0.15, -0.1) is 0 Å². The average molecular weight is 298 g/mol. The molecule has 0 spiro atoms. The minimum Gasteiger partial charge on any atom is -0.393 e. The zero-order chi connectivity index (χ0) is 14.0. The van der Waals surface area contributed by atoms with E-state index in [1.54, 1.807) is 18.2 Å². The molecule has 0 saturated carbocycles. The molecule has 2 aromatic carbocycles. The predicted octanol–water partition coefficient (Wildman–Crippen LogP) is 4.23. The van der Waals surface area contributed by atoms with Crippen molar-refractivity contribution in [2.24, 2.45) is 0 Å². The van der Waals surface area contributed by atoms with Crippen LogP contribution < -0.4 is 11.1 Å². The number of nitrogens with zero attached hydrogens (tertiary/aromatic N) is 1. The van der Waals surface area contributed by atoms with Crippen LogP contribution in [0, 0.1) is 10.1 Å². The van der Waals surface area contributed by atoms with Gasteiger partial charge in [-0.2, -0.15) is 0 Å². The number of hydrogen-bond acceptors (Lipinski definition) is 4. The first kappa shape index (κ1) is 13.5. The van der Waals surface area contributed by atoms with Gasteiger partial charge in [-0.1, -0.05) is 29.3 Å². The smallest absolute Gasteiger partial charge is 0.292 e. The molecule has 3 N–H and O–H groups in total. The number of nitrogens with two attached hydrogens (primary N) is 1. The molecule has 0 unspecified atom stereocenters. The standard InChI is InChI=1S/C12H9Cl2N3O2/c13-8-2-1-3-9(14)12(8)16-7-4-5-11(17(18)19)10(15)6-7/h1-6,16H,15H2. The number of benzene rings is 2. The van der Waals surface area contributed by atoms with E-state index in [4.69, 9.17) is 28.9 Å². The molecule has 0 saturated heterocycles. The third-order valence-corrected chi connectivity index (χ3v) is 3.09. The van der Waals surface area contributed by atoms with Crippen LogP contribution in [-0.4, -0.2) is 4.92 Å². The normalized spacial score (nSPS) is 10.2. The van der Waals surface area contributed by atoms with Gasteiger partial charge in [0.05, 0.1) is 20.7 Å². The molecule has 7 heteroatoms. The summed E-state index contributed by atoms with van der Waals surface area (Å²) in [4.78, 5) is 10.1. The van der Waals surface area contributed by atoms with Crippen molar-refractivity contribution in [2.45, 2.75) is 0 Å². The molecule has 0 radical (unpaired) electrons. The first-order valence-corrected chi connectivity index (χ1v) is 5.99. The fourth-order valence-corrected chi connectivity index (χ4v) is 2.05. The molecule has 0 amide bonds. The summed E-state index contributed by atoms with van der Waals surface area (Å²) in [7, 11) is 0. The Morgan fingerprint density at radius 1 is 1.16 bits per heavy atom. The minimum absolute atomic E-state index is 0.0678. The van der Waals surface area contributed by atoms with Crippen molar-refractivity contribution >= 4 is 46.0 Å². The molecule has 0 heterocycles. The van der Waals surface area contributed by atoms with Gasteiger partial charge in [0, 0.05) is 11.8 Å². The molecule has 0 aromatic heterocycles. The molecule has 0 aliphatic rings. The Morgan fingerprint density at radius 3 is 2.32 bits per heavy atom. The lowest BCUT2D eigenvalue weighted by Gasteiger charge is -2.10. The number of anilines is 3. The van der Waals surface area contributed by atoms with Crippen molar-refractivity contribution in [3.05, 3.63) is 56.6 Å². The molecule has 0 aliphatic heterocycles. The van der Waals surface area contributed by atoms with Crippen molar-refractivity contribution in [1.29, 1.82) is 0 Å². The molecular weight excluding hydrogens is 289 g/mol. The number of nitrogen functional groups attached to an aromatic ring is 1. The monoisotopic (exact) mass is 297 g/mol. The van der Waals surface area contributed by atoms with E-state index in [2.05, 4.69) is 5.32 Å². The quantitative estimate of drug-likeness (QED) is 0.505. The fourth-order valence-electron chi connectivity index (χ4n) is 1.56. The summed E-state index contributed by atoms with van der Waals surface area (Å²) >= 11 is 12.0. The number of hydrogen-bond donors (Lipinski definition) is 2. The maximum atomic E-state index is 10.7. The predicted molar refractivity (Wildman–Crippen MR) is 77.3 cm³/mol. The third-order valence-electron chi connectivity index (χ3n) is 2.46. The van der Waals surface area contributed by atoms with Crippen LogP contribution in [0.3, 0.4) is 0 Å². The SMILES string of the molecule is Nc1cc(Nc2c(Cl)cccc2Cl)ccc1[N+](=O)[O-]. The summed E-state index contributed by atoms with van der Waals surface area (Å²) in [5.41, 5.74) is 6.62. The number of para-hydroxylation sites is 1. The number of nitro groups is 1. The molecule has 2 rings (SSSR count). The Balaban J connectivity index is 2.34. The van der Waals surface area contributed by atoms with Gasteiger partial charge >= 0.3 is 0 Å². The fraction of sp³-hybridized carbons (Fsp3) is 0. The first-order valence-electron chi connectivity index (χ1n) is 5.24. The number of rotatable bonds is 3. The lowest BCUT2D eigenvalue weighted by atomic mass is 10.2. The van der Waals surface area contributed by atoms with E-state index in [1.165, 1.54) is 18.2 Å². The van der Waals surface area contributed by atoms with Crippen LogP contribution in [0.1, 0.15) is 0 Å². The van der Waals surface area contributed by atoms with Crippen LogP contribution in [0.25, 0.3) is 0 Å². The van der Waals surface area contributed by atoms with Gasteiger partial charge in [-0.25, -0.2) is 0 Å². The maximum Gasteiger partial charge on any atom is 0.292 e. The van der Waals surface area contributed by atoms with Crippen molar-refractivity contribution in [1.82, 2.24) is 0 Å². The highest BCUT2D eigenvalue weighted by molar-refractivity contribution is 6.39. The summed E-state index contributed by atoms with van der Waals surface area (Å²) < 4.78 is 0. The van der Waals surface area contributed by atoms with E-state index in [9.17, 15) is 10.1 Å². The Kier molecular flexibility index (Phi) is 3.78. The summed E-state index contributed by atoms with van der Waals surface area (Å²) in [5.74, 6) is 0. The first-order chi connectivity index (χ1) is 8.99. The molecule has 2 aromatic rings. The zero-order valence-corrected chi connectivity index (χ0v) is 11.1. The van der Waals surface area contributed by atoms with Crippen LogP contribution >= 0.6 is 23.2 Å². The van der Waals surface area contributed by atoms with E-state index in [-0.39, 0.29) is 11.4 Å². The third kappa shape index (κ3) is 2.89. The summed E-state index contributed by atoms with van der Waals surface area (Å²) in [6.07, 6.45) is 0. The lowest BCUT2D eigenvalue weighted by Crippen LogP contribution is -1.98. The van der Waals surface area contributed by atoms with Crippen LogP contribution in [0.2, 0.25) is 10.0 Å². The highest BCUT2D eigenvalue weighted by Crippen LogP contribution is 2.34. The molecule has 5 nitrogen and oxygen atoms in total. The number of halogens is 2. The minimum atomic E-state index is -0.540. The number of nitro benzene ring substituents is 1. The van der Waals surface area contributed by atoms with Gasteiger partial charge in [-0.3, -0.25) is 10.1 Å². The molecule has 0 bridgehead atoms. The molecule has 98 valence electrons. The molecule has 0 aliphatic carbocycles. The Hall–Kier alpha value is -1.98. The summed E-state index contributed by atoms with van der Waals surface area (Å²) in [6, 6.07) is 9.41. The largest absolute Gasteiger partial charge is 0.393 e. The molecule has 19 heavy (non-hydrogen) atoms. The Morgan fingerprint density at radius 2 is 1.79 bits per heavy atom. The Labute approximate surface area is 119 Å². The van der Waals surface area contributed by atoms with Gasteiger partial charge in [0.1, 0.15) is 5.69 Å². The molecular formula is C12H9Cl2N3O2. The van der Waals surface area contributed by atoms with E-state index in [0.717, 1.165) is 0 Å². The maximum absolute atomic E-state index is 10.7. The topological polar surface area (TPSA) is 81.2 Å². The Bertz CT molecular complexity index is 627. The van der Waals surface area contributed by atoms with Gasteiger partial charge in [-0.05, 0) is 24.3 Å². The van der Waals surface area contributed by atoms with E-state index in [1.807, 2.05) is 0 Å². The second-order valence-electron chi connectivity index (χ2n) is 3.75. The van der Waals surface area contributed by atoms with Crippen LogP contribution in [0.4, 0.5) is 22.7 Å². The summed E-state index contributed by atoms with van der Waals surface area (Å²) in [6.45, 7) is 0. The van der Waals surface area contributed by atoms with Gasteiger partial charge in [0.2, 0.25) is 0 Å². The molecule has 0 atom stereocenters. The van der Waals surface area contributed by atoms with Gasteiger partial charge < -0.3 is 11.1 Å². The second kappa shape index (κ2) is 5.34. The van der Waals surface area contributed by atoms with Crippen molar-refractivity contribution in [2.75, 3.05) is 11.1 Å². The van der Waals surface area contributed by atoms with Gasteiger partial charge in [0.25, 0.3) is 5.69 Å². The lowest BCUT2D eigenvalue weighted by molar-refractivity contribution is -0.383. The van der Waals surface area contributed by atoms with Gasteiger partial charge in [0.15, 0.2) is 0 Å². The molecule has 0 fully saturated rings. The number of nitrogens with one attached hydrogen (secondary N) is 1. The van der Waals surface area contributed by atoms with Crippen molar-refractivity contribution < 1.29 is 4.92 Å². The average Bonchev–Trinajstić information content (AvgIpc) is 2.33. The second-order valence-corrected chi connectivity index (χ2v) is 4.57. The van der Waals surface area contributed by atoms with E-state index in [0.29, 0.717) is 21.4 Å². The summed E-state index contributed by atoms with van der Waals surface area (Å²) in [5, 5.41) is 14.5. The highest BCUT2D eigenvalue weighted by atomic mass is 35.5.